The van der Waals surface area contributed by atoms with E-state index in [1.54, 1.807) is 24.3 Å². The lowest BCUT2D eigenvalue weighted by atomic mass is 10.1. The van der Waals surface area contributed by atoms with Crippen LogP contribution in [0.3, 0.4) is 0 Å². The molecule has 0 saturated heterocycles. The molecule has 0 fully saturated rings. The van der Waals surface area contributed by atoms with Crippen LogP contribution in [0, 0.1) is 5.92 Å². The predicted molar refractivity (Wildman–Crippen MR) is 114 cm³/mol. The van der Waals surface area contributed by atoms with Gasteiger partial charge in [-0.2, -0.15) is 0 Å². The monoisotopic (exact) mass is 383 g/mol. The molecule has 0 aliphatic rings. The lowest BCUT2D eigenvalue weighted by Gasteiger charge is -2.11. The average Bonchev–Trinajstić information content (AvgIpc) is 2.61. The van der Waals surface area contributed by atoms with Crippen molar-refractivity contribution in [3.8, 4) is 5.75 Å². The summed E-state index contributed by atoms with van der Waals surface area (Å²) in [6, 6.07) is 14.6. The molecule has 150 valence electrons. The van der Waals surface area contributed by atoms with Crippen molar-refractivity contribution >= 4 is 28.9 Å². The molecule has 0 atom stereocenters. The third-order valence-electron chi connectivity index (χ3n) is 3.73. The van der Waals surface area contributed by atoms with Crippen LogP contribution in [0.2, 0.25) is 0 Å². The second kappa shape index (κ2) is 10.3. The fourth-order valence-electron chi connectivity index (χ4n) is 2.53. The third kappa shape index (κ3) is 7.70. The summed E-state index contributed by atoms with van der Waals surface area (Å²) in [6.45, 7) is 8.10. The first kappa shape index (κ1) is 21.3. The van der Waals surface area contributed by atoms with E-state index in [9.17, 15) is 9.59 Å². The molecule has 2 aromatic carbocycles. The zero-order valence-corrected chi connectivity index (χ0v) is 16.9. The highest BCUT2D eigenvalue weighted by atomic mass is 16.5. The van der Waals surface area contributed by atoms with Gasteiger partial charge in [0.1, 0.15) is 5.75 Å². The van der Waals surface area contributed by atoms with Gasteiger partial charge in [0.15, 0.2) is 0 Å². The summed E-state index contributed by atoms with van der Waals surface area (Å²) in [5, 5.41) is 8.74. The topological polar surface area (TPSA) is 79.5 Å². The van der Waals surface area contributed by atoms with Gasteiger partial charge in [0.2, 0.25) is 11.8 Å². The molecule has 0 saturated carbocycles. The third-order valence-corrected chi connectivity index (χ3v) is 3.73. The van der Waals surface area contributed by atoms with Crippen LogP contribution in [0.15, 0.2) is 48.5 Å². The SMILES string of the molecule is CC(C)CC(=O)Nc1ccc(NC(=O)CNc2ccc(OC(C)C)cc2)cc1. The van der Waals surface area contributed by atoms with E-state index in [1.165, 1.54) is 0 Å². The highest BCUT2D eigenvalue weighted by molar-refractivity contribution is 5.94. The maximum atomic E-state index is 12.1. The lowest BCUT2D eigenvalue weighted by Crippen LogP contribution is -2.21. The number of carbonyl (C=O) groups excluding carboxylic acids is 2. The van der Waals surface area contributed by atoms with E-state index >= 15 is 0 Å². The standard InChI is InChI=1S/C22H29N3O3/c1-15(2)13-21(26)24-18-5-7-19(8-6-18)25-22(27)14-23-17-9-11-20(12-10-17)28-16(3)4/h5-12,15-16,23H,13-14H2,1-4H3,(H,24,26)(H,25,27). The summed E-state index contributed by atoms with van der Waals surface area (Å²) < 4.78 is 5.59. The molecule has 6 heteroatoms. The Balaban J connectivity index is 1.78. The summed E-state index contributed by atoms with van der Waals surface area (Å²) in [4.78, 5) is 23.9. The van der Waals surface area contributed by atoms with Gasteiger partial charge in [-0.25, -0.2) is 0 Å². The Morgan fingerprint density at radius 3 is 1.79 bits per heavy atom. The molecule has 2 amide bonds. The molecule has 0 aromatic heterocycles. The van der Waals surface area contributed by atoms with Gasteiger partial charge in [0, 0.05) is 23.5 Å². The molecule has 0 spiro atoms. The summed E-state index contributed by atoms with van der Waals surface area (Å²) in [5.41, 5.74) is 2.23. The van der Waals surface area contributed by atoms with E-state index in [1.807, 2.05) is 52.0 Å². The minimum absolute atomic E-state index is 0.0131. The molecule has 6 nitrogen and oxygen atoms in total. The van der Waals surface area contributed by atoms with Crippen molar-refractivity contribution in [1.29, 1.82) is 0 Å². The van der Waals surface area contributed by atoms with Crippen molar-refractivity contribution in [1.82, 2.24) is 0 Å². The second-order valence-corrected chi connectivity index (χ2v) is 7.32. The molecule has 2 aromatic rings. The number of anilines is 3. The number of ether oxygens (including phenoxy) is 1. The molecule has 0 radical (unpaired) electrons. The number of rotatable bonds is 9. The van der Waals surface area contributed by atoms with E-state index in [0.29, 0.717) is 23.7 Å². The highest BCUT2D eigenvalue weighted by Gasteiger charge is 2.06. The van der Waals surface area contributed by atoms with E-state index in [0.717, 1.165) is 11.4 Å². The minimum atomic E-state index is -0.154. The van der Waals surface area contributed by atoms with Gasteiger partial charge in [-0.15, -0.1) is 0 Å². The number of hydrogen-bond donors (Lipinski definition) is 3. The fraction of sp³-hybridized carbons (Fsp3) is 0.364. The lowest BCUT2D eigenvalue weighted by molar-refractivity contribution is -0.117. The molecular formula is C22H29N3O3. The van der Waals surface area contributed by atoms with Gasteiger partial charge in [0.25, 0.3) is 0 Å². The molecule has 0 bridgehead atoms. The van der Waals surface area contributed by atoms with Crippen LogP contribution in [-0.4, -0.2) is 24.5 Å². The zero-order valence-electron chi connectivity index (χ0n) is 16.9. The van der Waals surface area contributed by atoms with Gasteiger partial charge in [-0.05, 0) is 68.3 Å². The van der Waals surface area contributed by atoms with E-state index in [4.69, 9.17) is 4.74 Å². The summed E-state index contributed by atoms with van der Waals surface area (Å²) in [7, 11) is 0. The second-order valence-electron chi connectivity index (χ2n) is 7.32. The number of hydrogen-bond acceptors (Lipinski definition) is 4. The van der Waals surface area contributed by atoms with Gasteiger partial charge < -0.3 is 20.7 Å². The maximum Gasteiger partial charge on any atom is 0.243 e. The average molecular weight is 383 g/mol. The van der Waals surface area contributed by atoms with Gasteiger partial charge in [-0.3, -0.25) is 9.59 Å². The van der Waals surface area contributed by atoms with Crippen LogP contribution in [0.1, 0.15) is 34.1 Å². The number of carbonyl (C=O) groups is 2. The first-order valence-corrected chi connectivity index (χ1v) is 9.52. The molecular weight excluding hydrogens is 354 g/mol. The summed E-state index contributed by atoms with van der Waals surface area (Å²) >= 11 is 0. The van der Waals surface area contributed by atoms with E-state index in [2.05, 4.69) is 16.0 Å². The van der Waals surface area contributed by atoms with Crippen molar-refractivity contribution in [2.24, 2.45) is 5.92 Å². The van der Waals surface area contributed by atoms with Crippen LogP contribution >= 0.6 is 0 Å². The van der Waals surface area contributed by atoms with Gasteiger partial charge in [-0.1, -0.05) is 13.8 Å². The fourth-order valence-corrected chi connectivity index (χ4v) is 2.53. The number of amides is 2. The normalized spacial score (nSPS) is 10.6. The number of benzene rings is 2. The summed E-state index contributed by atoms with van der Waals surface area (Å²) in [6.07, 6.45) is 0.605. The Morgan fingerprint density at radius 2 is 1.29 bits per heavy atom. The van der Waals surface area contributed by atoms with Gasteiger partial charge >= 0.3 is 0 Å². The zero-order chi connectivity index (χ0) is 20.5. The molecule has 2 rings (SSSR count). The Morgan fingerprint density at radius 1 is 0.786 bits per heavy atom. The van der Waals surface area contributed by atoms with Crippen LogP contribution in [0.25, 0.3) is 0 Å². The van der Waals surface area contributed by atoms with Crippen molar-refractivity contribution in [3.05, 3.63) is 48.5 Å². The molecule has 0 heterocycles. The van der Waals surface area contributed by atoms with Crippen LogP contribution in [0.5, 0.6) is 5.75 Å². The largest absolute Gasteiger partial charge is 0.491 e. The van der Waals surface area contributed by atoms with Crippen LogP contribution in [-0.2, 0) is 9.59 Å². The maximum absolute atomic E-state index is 12.1. The Kier molecular flexibility index (Phi) is 7.87. The number of nitrogens with one attached hydrogen (secondary N) is 3. The molecule has 28 heavy (non-hydrogen) atoms. The smallest absolute Gasteiger partial charge is 0.243 e. The predicted octanol–water partition coefficient (Wildman–Crippen LogP) is 4.51. The Labute approximate surface area is 166 Å². The van der Waals surface area contributed by atoms with Crippen molar-refractivity contribution < 1.29 is 14.3 Å². The van der Waals surface area contributed by atoms with Gasteiger partial charge in [0.05, 0.1) is 12.6 Å². The van der Waals surface area contributed by atoms with Crippen LogP contribution in [0.4, 0.5) is 17.1 Å². The minimum Gasteiger partial charge on any atom is -0.491 e. The molecule has 0 aliphatic carbocycles. The first-order chi connectivity index (χ1) is 13.3. The molecule has 0 unspecified atom stereocenters. The first-order valence-electron chi connectivity index (χ1n) is 9.52. The molecule has 0 aliphatic heterocycles. The Hall–Kier alpha value is -3.02. The Bertz CT molecular complexity index is 769. The highest BCUT2D eigenvalue weighted by Crippen LogP contribution is 2.17. The summed E-state index contributed by atoms with van der Waals surface area (Å²) in [5.74, 6) is 0.940. The molecule has 3 N–H and O–H groups in total. The van der Waals surface area contributed by atoms with Crippen molar-refractivity contribution in [2.75, 3.05) is 22.5 Å². The van der Waals surface area contributed by atoms with Crippen molar-refractivity contribution in [2.45, 2.75) is 40.2 Å². The van der Waals surface area contributed by atoms with E-state index in [-0.39, 0.29) is 24.5 Å². The quantitative estimate of drug-likeness (QED) is 0.595. The van der Waals surface area contributed by atoms with E-state index < -0.39 is 0 Å². The van der Waals surface area contributed by atoms with Crippen molar-refractivity contribution in [3.63, 3.8) is 0 Å². The van der Waals surface area contributed by atoms with Crippen LogP contribution < -0.4 is 20.7 Å².